The van der Waals surface area contributed by atoms with E-state index in [0.29, 0.717) is 17.1 Å². The highest BCUT2D eigenvalue weighted by Crippen LogP contribution is 2.29. The van der Waals surface area contributed by atoms with E-state index in [1.807, 2.05) is 0 Å². The van der Waals surface area contributed by atoms with Crippen LogP contribution in [0.3, 0.4) is 0 Å². The summed E-state index contributed by atoms with van der Waals surface area (Å²) >= 11 is 5.81. The normalized spacial score (nSPS) is 12.6. The quantitative estimate of drug-likeness (QED) is 0.430. The van der Waals surface area contributed by atoms with Crippen LogP contribution < -0.4 is 20.1 Å². The number of hydrogen-bond donors (Lipinski definition) is 2. The van der Waals surface area contributed by atoms with Gasteiger partial charge in [0.15, 0.2) is 0 Å². The molecule has 0 spiro atoms. The Morgan fingerprint density at radius 3 is 2.28 bits per heavy atom. The van der Waals surface area contributed by atoms with Crippen molar-refractivity contribution in [3.8, 4) is 11.5 Å². The molecular formula is C22H26ClN3O6. The molecule has 0 aliphatic carbocycles. The molecule has 2 aromatic rings. The summed E-state index contributed by atoms with van der Waals surface area (Å²) in [5, 5.41) is 16.6. The molecule has 2 amide bonds. The molecule has 2 N–H and O–H groups in total. The molecule has 0 fully saturated rings. The third-order valence-electron chi connectivity index (χ3n) is 4.90. The number of rotatable bonds is 9. The number of carbonyl (C=O) groups excluding carboxylic acids is 2. The van der Waals surface area contributed by atoms with Crippen molar-refractivity contribution >= 4 is 29.1 Å². The molecule has 32 heavy (non-hydrogen) atoms. The van der Waals surface area contributed by atoms with Gasteiger partial charge in [-0.15, -0.1) is 0 Å². The fourth-order valence-electron chi connectivity index (χ4n) is 3.11. The maximum Gasteiger partial charge on any atom is 0.288 e. The van der Waals surface area contributed by atoms with Crippen molar-refractivity contribution in [2.24, 2.45) is 5.92 Å². The molecule has 172 valence electrons. The van der Waals surface area contributed by atoms with Crippen molar-refractivity contribution in [2.45, 2.75) is 32.9 Å². The van der Waals surface area contributed by atoms with Gasteiger partial charge in [0.25, 0.3) is 11.6 Å². The average Bonchev–Trinajstić information content (AvgIpc) is 2.76. The van der Waals surface area contributed by atoms with Crippen LogP contribution in [0.5, 0.6) is 11.5 Å². The Labute approximate surface area is 191 Å². The Morgan fingerprint density at radius 1 is 1.03 bits per heavy atom. The zero-order chi connectivity index (χ0) is 24.0. The first-order valence-electron chi connectivity index (χ1n) is 9.86. The summed E-state index contributed by atoms with van der Waals surface area (Å²) in [6.07, 6.45) is 0. The monoisotopic (exact) mass is 463 g/mol. The molecule has 10 heteroatoms. The highest BCUT2D eigenvalue weighted by atomic mass is 35.5. The van der Waals surface area contributed by atoms with Crippen molar-refractivity contribution in [2.75, 3.05) is 14.2 Å². The Hall–Kier alpha value is -3.33. The lowest BCUT2D eigenvalue weighted by Gasteiger charge is -2.25. The first kappa shape index (κ1) is 24.9. The summed E-state index contributed by atoms with van der Waals surface area (Å²) in [4.78, 5) is 36.1. The topological polar surface area (TPSA) is 120 Å². The average molecular weight is 464 g/mol. The van der Waals surface area contributed by atoms with E-state index < -0.39 is 28.8 Å². The number of benzene rings is 2. The summed E-state index contributed by atoms with van der Waals surface area (Å²) < 4.78 is 10.6. The number of ether oxygens (including phenoxy) is 2. The predicted octanol–water partition coefficient (Wildman–Crippen LogP) is 3.90. The zero-order valence-corrected chi connectivity index (χ0v) is 19.2. The molecule has 0 bridgehead atoms. The minimum absolute atomic E-state index is 0.0297. The van der Waals surface area contributed by atoms with Gasteiger partial charge < -0.3 is 20.1 Å². The third kappa shape index (κ3) is 5.88. The molecule has 0 aliphatic rings. The second-order valence-electron chi connectivity index (χ2n) is 7.46. The molecule has 0 heterocycles. The number of hydrogen-bond acceptors (Lipinski definition) is 6. The van der Waals surface area contributed by atoms with Gasteiger partial charge in [-0.05, 0) is 43.2 Å². The standard InChI is InChI=1S/C22H26ClN3O6/c1-12(2)20(25-21(27)14-6-8-17(23)18(10-14)26(29)30)22(28)24-13(3)16-11-15(31-4)7-9-19(16)32-5/h6-13,20H,1-5H3,(H,24,28)(H,25,27)/t13?,20-/m0/s1. The van der Waals surface area contributed by atoms with Crippen LogP contribution in [0.25, 0.3) is 0 Å². The summed E-state index contributed by atoms with van der Waals surface area (Å²) in [6, 6.07) is 7.65. The van der Waals surface area contributed by atoms with E-state index in [0.717, 1.165) is 6.07 Å². The van der Waals surface area contributed by atoms with Gasteiger partial charge in [-0.3, -0.25) is 19.7 Å². The molecule has 0 aromatic heterocycles. The number of carbonyl (C=O) groups is 2. The molecular weight excluding hydrogens is 438 g/mol. The first-order chi connectivity index (χ1) is 15.1. The van der Waals surface area contributed by atoms with Crippen LogP contribution in [-0.2, 0) is 4.79 Å². The van der Waals surface area contributed by atoms with Crippen molar-refractivity contribution in [1.29, 1.82) is 0 Å². The Morgan fingerprint density at radius 2 is 1.72 bits per heavy atom. The molecule has 9 nitrogen and oxygen atoms in total. The fourth-order valence-corrected chi connectivity index (χ4v) is 3.30. The Kier molecular flexibility index (Phi) is 8.42. The van der Waals surface area contributed by atoms with Gasteiger partial charge in [0.05, 0.1) is 25.2 Å². The molecule has 2 aromatic carbocycles. The molecule has 0 saturated heterocycles. The number of nitrogens with zero attached hydrogens (tertiary/aromatic N) is 1. The van der Waals surface area contributed by atoms with Gasteiger partial charge in [-0.2, -0.15) is 0 Å². The molecule has 2 atom stereocenters. The van der Waals surface area contributed by atoms with Crippen LogP contribution in [0.1, 0.15) is 42.7 Å². The highest BCUT2D eigenvalue weighted by molar-refractivity contribution is 6.32. The first-order valence-corrected chi connectivity index (χ1v) is 10.2. The fraction of sp³-hybridized carbons (Fsp3) is 0.364. The van der Waals surface area contributed by atoms with E-state index in [2.05, 4.69) is 10.6 Å². The van der Waals surface area contributed by atoms with E-state index in [4.69, 9.17) is 21.1 Å². The third-order valence-corrected chi connectivity index (χ3v) is 5.22. The van der Waals surface area contributed by atoms with Crippen LogP contribution in [0.4, 0.5) is 5.69 Å². The highest BCUT2D eigenvalue weighted by Gasteiger charge is 2.27. The second kappa shape index (κ2) is 10.8. The van der Waals surface area contributed by atoms with Gasteiger partial charge in [-0.1, -0.05) is 25.4 Å². The number of nitrogens with one attached hydrogen (secondary N) is 2. The predicted molar refractivity (Wildman–Crippen MR) is 120 cm³/mol. The van der Waals surface area contributed by atoms with E-state index in [-0.39, 0.29) is 22.2 Å². The van der Waals surface area contributed by atoms with Crippen LogP contribution in [0.15, 0.2) is 36.4 Å². The van der Waals surface area contributed by atoms with E-state index in [1.54, 1.807) is 46.1 Å². The minimum Gasteiger partial charge on any atom is -0.497 e. The van der Waals surface area contributed by atoms with Crippen LogP contribution >= 0.6 is 11.6 Å². The lowest BCUT2D eigenvalue weighted by atomic mass is 10.0. The van der Waals surface area contributed by atoms with E-state index >= 15 is 0 Å². The lowest BCUT2D eigenvalue weighted by Crippen LogP contribution is -2.50. The largest absolute Gasteiger partial charge is 0.497 e. The van der Waals surface area contributed by atoms with Crippen LogP contribution in [0.2, 0.25) is 5.02 Å². The lowest BCUT2D eigenvalue weighted by molar-refractivity contribution is -0.384. The van der Waals surface area contributed by atoms with Gasteiger partial charge >= 0.3 is 0 Å². The summed E-state index contributed by atoms with van der Waals surface area (Å²) in [5.74, 6) is -0.0859. The number of nitro benzene ring substituents is 1. The molecule has 1 unspecified atom stereocenters. The van der Waals surface area contributed by atoms with Crippen molar-refractivity contribution in [1.82, 2.24) is 10.6 Å². The number of halogens is 1. The number of methoxy groups -OCH3 is 2. The molecule has 0 radical (unpaired) electrons. The Bertz CT molecular complexity index is 1010. The summed E-state index contributed by atoms with van der Waals surface area (Å²) in [5.41, 5.74) is 0.355. The number of amides is 2. The smallest absolute Gasteiger partial charge is 0.288 e. The molecule has 0 aliphatic heterocycles. The van der Waals surface area contributed by atoms with Gasteiger partial charge in [-0.25, -0.2) is 0 Å². The SMILES string of the molecule is COc1ccc(OC)c(C(C)NC(=O)[C@@H](NC(=O)c2ccc(Cl)c([N+](=O)[O-])c2)C(C)C)c1. The van der Waals surface area contributed by atoms with E-state index in [9.17, 15) is 19.7 Å². The van der Waals surface area contributed by atoms with Crippen molar-refractivity contribution in [3.63, 3.8) is 0 Å². The molecule has 0 saturated carbocycles. The van der Waals surface area contributed by atoms with Gasteiger partial charge in [0.1, 0.15) is 22.6 Å². The van der Waals surface area contributed by atoms with Crippen molar-refractivity contribution in [3.05, 3.63) is 62.7 Å². The summed E-state index contributed by atoms with van der Waals surface area (Å²) in [7, 11) is 3.07. The maximum atomic E-state index is 13.0. The number of nitro groups is 1. The zero-order valence-electron chi connectivity index (χ0n) is 18.5. The van der Waals surface area contributed by atoms with Crippen molar-refractivity contribution < 1.29 is 24.0 Å². The van der Waals surface area contributed by atoms with Crippen LogP contribution in [0, 0.1) is 16.0 Å². The van der Waals surface area contributed by atoms with Gasteiger partial charge in [0, 0.05) is 17.2 Å². The van der Waals surface area contributed by atoms with E-state index in [1.165, 1.54) is 19.2 Å². The Balaban J connectivity index is 2.21. The van der Waals surface area contributed by atoms with Gasteiger partial charge in [0.2, 0.25) is 5.91 Å². The molecule has 2 rings (SSSR count). The summed E-state index contributed by atoms with van der Waals surface area (Å²) in [6.45, 7) is 5.36. The minimum atomic E-state index is -0.878. The second-order valence-corrected chi connectivity index (χ2v) is 7.86. The van der Waals surface area contributed by atoms with Crippen LogP contribution in [-0.4, -0.2) is 37.0 Å². The maximum absolute atomic E-state index is 13.0.